The first-order valence-electron chi connectivity index (χ1n) is 5.55. The zero-order chi connectivity index (χ0) is 14.3. The zero-order valence-corrected chi connectivity index (χ0v) is 10.9. The molecule has 0 atom stereocenters. The number of anilines is 1. The van der Waals surface area contributed by atoms with Gasteiger partial charge >= 0.3 is 5.97 Å². The Morgan fingerprint density at radius 2 is 2.16 bits per heavy atom. The van der Waals surface area contributed by atoms with Gasteiger partial charge in [-0.25, -0.2) is 15.0 Å². The standard InChI is InChI=1S/C10H17N7O2/c1-17(2)10-15-6-14-7(16-10)3-4-19-8(18)5-13-9(11)12/h6H,3-5H2,1-2H3,(H4,11,12,13). The zero-order valence-electron chi connectivity index (χ0n) is 10.9. The highest BCUT2D eigenvalue weighted by Gasteiger charge is 2.05. The molecule has 0 fully saturated rings. The topological polar surface area (TPSA) is 133 Å². The molecule has 0 aliphatic heterocycles. The second-order valence-corrected chi connectivity index (χ2v) is 3.81. The molecule has 9 heteroatoms. The molecule has 0 amide bonds. The van der Waals surface area contributed by atoms with Crippen LogP contribution in [0.5, 0.6) is 0 Å². The lowest BCUT2D eigenvalue weighted by molar-refractivity contribution is -0.141. The van der Waals surface area contributed by atoms with E-state index >= 15 is 0 Å². The number of hydrogen-bond donors (Lipinski definition) is 2. The largest absolute Gasteiger partial charge is 0.464 e. The minimum absolute atomic E-state index is 0.148. The second-order valence-electron chi connectivity index (χ2n) is 3.81. The fourth-order valence-corrected chi connectivity index (χ4v) is 1.11. The molecule has 0 bridgehead atoms. The van der Waals surface area contributed by atoms with Gasteiger partial charge in [-0.05, 0) is 0 Å². The maximum Gasteiger partial charge on any atom is 0.327 e. The third kappa shape index (κ3) is 5.61. The van der Waals surface area contributed by atoms with Crippen molar-refractivity contribution in [3.63, 3.8) is 0 Å². The summed E-state index contributed by atoms with van der Waals surface area (Å²) in [5, 5.41) is 0. The number of carbonyl (C=O) groups excluding carboxylic acids is 1. The molecule has 0 spiro atoms. The third-order valence-electron chi connectivity index (χ3n) is 1.99. The Hall–Kier alpha value is -2.45. The summed E-state index contributed by atoms with van der Waals surface area (Å²) < 4.78 is 4.93. The van der Waals surface area contributed by atoms with Gasteiger partial charge in [0.15, 0.2) is 5.96 Å². The molecule has 0 saturated heterocycles. The highest BCUT2D eigenvalue weighted by atomic mass is 16.5. The number of aromatic nitrogens is 3. The summed E-state index contributed by atoms with van der Waals surface area (Å²) in [7, 11) is 3.66. The molecule has 4 N–H and O–H groups in total. The molecule has 0 saturated carbocycles. The van der Waals surface area contributed by atoms with E-state index in [0.717, 1.165) is 0 Å². The Morgan fingerprint density at radius 1 is 1.42 bits per heavy atom. The lowest BCUT2D eigenvalue weighted by Crippen LogP contribution is -2.24. The third-order valence-corrected chi connectivity index (χ3v) is 1.99. The first kappa shape index (κ1) is 14.6. The molecule has 0 radical (unpaired) electrons. The minimum atomic E-state index is -0.504. The summed E-state index contributed by atoms with van der Waals surface area (Å²) in [5.74, 6) is 0.450. The van der Waals surface area contributed by atoms with Crippen LogP contribution in [0.3, 0.4) is 0 Å². The van der Waals surface area contributed by atoms with Gasteiger partial charge in [0.1, 0.15) is 18.7 Å². The van der Waals surface area contributed by atoms with E-state index in [9.17, 15) is 4.79 Å². The summed E-state index contributed by atoms with van der Waals surface area (Å²) in [6, 6.07) is 0. The number of hydrogen-bond acceptors (Lipinski definition) is 7. The molecular formula is C10H17N7O2. The van der Waals surface area contributed by atoms with Crippen molar-refractivity contribution in [1.82, 2.24) is 15.0 Å². The first-order valence-corrected chi connectivity index (χ1v) is 5.55. The average Bonchev–Trinajstić information content (AvgIpc) is 2.36. The Morgan fingerprint density at radius 3 is 2.79 bits per heavy atom. The molecule has 9 nitrogen and oxygen atoms in total. The van der Waals surface area contributed by atoms with Crippen molar-refractivity contribution >= 4 is 17.9 Å². The van der Waals surface area contributed by atoms with Gasteiger partial charge < -0.3 is 21.1 Å². The van der Waals surface area contributed by atoms with Crippen LogP contribution in [-0.4, -0.2) is 54.1 Å². The molecule has 1 heterocycles. The normalized spacial score (nSPS) is 9.79. The first-order chi connectivity index (χ1) is 8.99. The second kappa shape index (κ2) is 7.09. The lowest BCUT2D eigenvalue weighted by Gasteiger charge is -2.09. The van der Waals surface area contributed by atoms with Gasteiger partial charge in [0.25, 0.3) is 0 Å². The highest BCUT2D eigenvalue weighted by molar-refractivity contribution is 5.80. The van der Waals surface area contributed by atoms with Crippen LogP contribution in [0.4, 0.5) is 5.95 Å². The predicted octanol–water partition coefficient (Wildman–Crippen LogP) is -1.70. The maximum atomic E-state index is 11.2. The van der Waals surface area contributed by atoms with Crippen LogP contribution >= 0.6 is 0 Å². The number of aliphatic imine (C=N–C) groups is 1. The van der Waals surface area contributed by atoms with E-state index in [0.29, 0.717) is 18.2 Å². The van der Waals surface area contributed by atoms with Crippen molar-refractivity contribution in [3.8, 4) is 0 Å². The van der Waals surface area contributed by atoms with Gasteiger partial charge in [0, 0.05) is 20.5 Å². The summed E-state index contributed by atoms with van der Waals surface area (Å²) in [5.41, 5.74) is 10.2. The molecule has 0 aliphatic carbocycles. The van der Waals surface area contributed by atoms with Crippen LogP contribution in [0.2, 0.25) is 0 Å². The lowest BCUT2D eigenvalue weighted by atomic mass is 10.4. The molecule has 104 valence electrons. The van der Waals surface area contributed by atoms with Crippen molar-refractivity contribution in [3.05, 3.63) is 12.2 Å². The Balaban J connectivity index is 2.39. The number of carbonyl (C=O) groups is 1. The van der Waals surface area contributed by atoms with Gasteiger partial charge in [0.2, 0.25) is 5.95 Å². The Kier molecular flexibility index (Phi) is 5.45. The smallest absolute Gasteiger partial charge is 0.327 e. The van der Waals surface area contributed by atoms with E-state index in [1.165, 1.54) is 6.33 Å². The predicted molar refractivity (Wildman–Crippen MR) is 69.5 cm³/mol. The summed E-state index contributed by atoms with van der Waals surface area (Å²) in [6.07, 6.45) is 1.82. The summed E-state index contributed by atoms with van der Waals surface area (Å²) in [4.78, 5) is 28.7. The molecular weight excluding hydrogens is 250 g/mol. The maximum absolute atomic E-state index is 11.2. The molecule has 19 heavy (non-hydrogen) atoms. The van der Waals surface area contributed by atoms with Gasteiger partial charge in [-0.15, -0.1) is 0 Å². The molecule has 0 unspecified atom stereocenters. The fourth-order valence-electron chi connectivity index (χ4n) is 1.11. The van der Waals surface area contributed by atoms with Gasteiger partial charge in [-0.2, -0.15) is 4.98 Å². The van der Waals surface area contributed by atoms with Crippen LogP contribution in [-0.2, 0) is 16.0 Å². The van der Waals surface area contributed by atoms with Gasteiger partial charge in [-0.3, -0.25) is 4.79 Å². The van der Waals surface area contributed by atoms with Gasteiger partial charge in [0.05, 0.1) is 6.61 Å². The van der Waals surface area contributed by atoms with Crippen molar-refractivity contribution in [2.75, 3.05) is 32.1 Å². The molecule has 0 aliphatic rings. The average molecular weight is 267 g/mol. The Bertz CT molecular complexity index is 457. The van der Waals surface area contributed by atoms with Crippen LogP contribution in [0.25, 0.3) is 0 Å². The van der Waals surface area contributed by atoms with Crippen LogP contribution in [0.1, 0.15) is 5.82 Å². The van der Waals surface area contributed by atoms with Crippen molar-refractivity contribution in [1.29, 1.82) is 0 Å². The van der Waals surface area contributed by atoms with E-state index in [2.05, 4.69) is 19.9 Å². The minimum Gasteiger partial charge on any atom is -0.464 e. The molecule has 1 aromatic heterocycles. The van der Waals surface area contributed by atoms with Crippen LogP contribution < -0.4 is 16.4 Å². The van der Waals surface area contributed by atoms with E-state index in [4.69, 9.17) is 16.2 Å². The van der Waals surface area contributed by atoms with Crippen molar-refractivity contribution in [2.45, 2.75) is 6.42 Å². The number of esters is 1. The number of guanidine groups is 1. The fraction of sp³-hybridized carbons (Fsp3) is 0.500. The van der Waals surface area contributed by atoms with Crippen molar-refractivity contribution < 1.29 is 9.53 Å². The number of nitrogens with two attached hydrogens (primary N) is 2. The Labute approximate surface area is 110 Å². The summed E-state index contributed by atoms with van der Waals surface area (Å²) >= 11 is 0. The van der Waals surface area contributed by atoms with Crippen LogP contribution in [0.15, 0.2) is 11.3 Å². The summed E-state index contributed by atoms with van der Waals surface area (Å²) in [6.45, 7) is -0.0296. The van der Waals surface area contributed by atoms with Crippen LogP contribution in [0, 0.1) is 0 Å². The SMILES string of the molecule is CN(C)c1ncnc(CCOC(=O)CN=C(N)N)n1. The number of ether oxygens (including phenoxy) is 1. The molecule has 1 aromatic rings. The van der Waals surface area contributed by atoms with E-state index < -0.39 is 5.97 Å². The monoisotopic (exact) mass is 267 g/mol. The number of rotatable bonds is 6. The number of nitrogens with zero attached hydrogens (tertiary/aromatic N) is 5. The quantitative estimate of drug-likeness (QED) is 0.354. The van der Waals surface area contributed by atoms with Gasteiger partial charge in [-0.1, -0.05) is 0 Å². The van der Waals surface area contributed by atoms with E-state index in [-0.39, 0.29) is 19.1 Å². The highest BCUT2D eigenvalue weighted by Crippen LogP contribution is 2.01. The van der Waals surface area contributed by atoms with E-state index in [1.807, 2.05) is 14.1 Å². The van der Waals surface area contributed by atoms with Crippen molar-refractivity contribution in [2.24, 2.45) is 16.5 Å². The van der Waals surface area contributed by atoms with E-state index in [1.54, 1.807) is 4.90 Å². The molecule has 1 rings (SSSR count). The molecule has 0 aromatic carbocycles.